The maximum Gasteiger partial charge on any atom is 0.328 e. The number of carbonyl (C=O) groups is 1. The van der Waals surface area contributed by atoms with Gasteiger partial charge in [-0.05, 0) is 36.7 Å². The number of carbonyl (C=O) groups excluding carboxylic acids is 1. The standard InChI is InChI=1S/C11H13FN4O2/c1-2-18-11(17)10(7-14-16-13)15-9-5-3-8(12)4-6-9/h3-6,10,15H,2,7H2,1H3. The SMILES string of the molecule is CCOC(=O)C(CN=[N+]=[N-])Nc1ccc(F)cc1. The number of esters is 1. The van der Waals surface area contributed by atoms with E-state index in [2.05, 4.69) is 15.3 Å². The molecule has 0 amide bonds. The summed E-state index contributed by atoms with van der Waals surface area (Å²) >= 11 is 0. The quantitative estimate of drug-likeness (QED) is 0.365. The van der Waals surface area contributed by atoms with Crippen LogP contribution in [0.2, 0.25) is 0 Å². The van der Waals surface area contributed by atoms with Crippen LogP contribution < -0.4 is 5.32 Å². The van der Waals surface area contributed by atoms with Crippen molar-refractivity contribution in [3.05, 3.63) is 40.5 Å². The van der Waals surface area contributed by atoms with E-state index >= 15 is 0 Å². The van der Waals surface area contributed by atoms with Gasteiger partial charge in [-0.2, -0.15) is 0 Å². The van der Waals surface area contributed by atoms with Crippen molar-refractivity contribution >= 4 is 11.7 Å². The first kappa shape index (κ1) is 13.8. The smallest absolute Gasteiger partial charge is 0.328 e. The fourth-order valence-electron chi connectivity index (χ4n) is 1.29. The highest BCUT2D eigenvalue weighted by molar-refractivity contribution is 5.79. The molecule has 0 fully saturated rings. The lowest BCUT2D eigenvalue weighted by Crippen LogP contribution is -2.34. The minimum absolute atomic E-state index is 0.0767. The summed E-state index contributed by atoms with van der Waals surface area (Å²) in [7, 11) is 0. The van der Waals surface area contributed by atoms with Crippen molar-refractivity contribution in [3.8, 4) is 0 Å². The number of hydrogen-bond acceptors (Lipinski definition) is 4. The second-order valence-corrected chi connectivity index (χ2v) is 3.37. The van der Waals surface area contributed by atoms with Crippen molar-refractivity contribution in [1.29, 1.82) is 0 Å². The summed E-state index contributed by atoms with van der Waals surface area (Å²) in [5, 5.41) is 6.15. The van der Waals surface area contributed by atoms with E-state index in [0.717, 1.165) is 0 Å². The average Bonchev–Trinajstić information content (AvgIpc) is 2.37. The van der Waals surface area contributed by atoms with Gasteiger partial charge in [-0.15, -0.1) is 0 Å². The van der Waals surface area contributed by atoms with Gasteiger partial charge in [-0.3, -0.25) is 0 Å². The normalized spacial score (nSPS) is 11.2. The van der Waals surface area contributed by atoms with Gasteiger partial charge in [-0.1, -0.05) is 5.11 Å². The van der Waals surface area contributed by atoms with E-state index in [-0.39, 0.29) is 19.0 Å². The first-order valence-electron chi connectivity index (χ1n) is 5.37. The van der Waals surface area contributed by atoms with Gasteiger partial charge in [-0.25, -0.2) is 9.18 Å². The second-order valence-electron chi connectivity index (χ2n) is 3.37. The van der Waals surface area contributed by atoms with Crippen LogP contribution in [0, 0.1) is 5.82 Å². The van der Waals surface area contributed by atoms with Crippen molar-refractivity contribution < 1.29 is 13.9 Å². The molecule has 0 aliphatic rings. The van der Waals surface area contributed by atoms with Crippen LogP contribution in [-0.4, -0.2) is 25.2 Å². The van der Waals surface area contributed by atoms with Crippen LogP contribution in [0.4, 0.5) is 10.1 Å². The van der Waals surface area contributed by atoms with Gasteiger partial charge in [0.1, 0.15) is 11.9 Å². The van der Waals surface area contributed by atoms with Gasteiger partial charge < -0.3 is 10.1 Å². The minimum atomic E-state index is -0.786. The lowest BCUT2D eigenvalue weighted by atomic mass is 10.2. The summed E-state index contributed by atoms with van der Waals surface area (Å²) < 4.78 is 17.6. The fourth-order valence-corrected chi connectivity index (χ4v) is 1.29. The number of azide groups is 1. The summed E-state index contributed by atoms with van der Waals surface area (Å²) in [6.45, 7) is 1.84. The fraction of sp³-hybridized carbons (Fsp3) is 0.364. The van der Waals surface area contributed by atoms with Crippen LogP contribution in [0.15, 0.2) is 29.4 Å². The molecule has 1 atom stereocenters. The van der Waals surface area contributed by atoms with E-state index in [0.29, 0.717) is 5.69 Å². The van der Waals surface area contributed by atoms with Gasteiger partial charge in [0.25, 0.3) is 0 Å². The number of rotatable bonds is 6. The Hall–Kier alpha value is -2.27. The third-order valence-electron chi connectivity index (χ3n) is 2.08. The van der Waals surface area contributed by atoms with Crippen LogP contribution in [0.1, 0.15) is 6.92 Å². The summed E-state index contributed by atoms with van der Waals surface area (Å²) in [6.07, 6.45) is 0. The van der Waals surface area contributed by atoms with E-state index in [1.165, 1.54) is 24.3 Å². The van der Waals surface area contributed by atoms with Gasteiger partial charge in [0.05, 0.1) is 13.2 Å². The molecular weight excluding hydrogens is 239 g/mol. The second kappa shape index (κ2) is 7.13. The molecule has 1 rings (SSSR count). The number of hydrogen-bond donors (Lipinski definition) is 1. The Balaban J connectivity index is 2.73. The molecule has 0 heterocycles. The summed E-state index contributed by atoms with van der Waals surface area (Å²) in [5.41, 5.74) is 8.80. The predicted octanol–water partition coefficient (Wildman–Crippen LogP) is 2.48. The third-order valence-corrected chi connectivity index (χ3v) is 2.08. The molecular formula is C11H13FN4O2. The average molecular weight is 252 g/mol. The van der Waals surface area contributed by atoms with Crippen molar-refractivity contribution in [2.75, 3.05) is 18.5 Å². The van der Waals surface area contributed by atoms with Crippen molar-refractivity contribution in [3.63, 3.8) is 0 Å². The molecule has 0 saturated carbocycles. The summed E-state index contributed by atoms with van der Waals surface area (Å²) in [5.74, 6) is -0.891. The number of anilines is 1. The van der Waals surface area contributed by atoms with Crippen LogP contribution in [0.5, 0.6) is 0 Å². The minimum Gasteiger partial charge on any atom is -0.464 e. The molecule has 0 aliphatic carbocycles. The molecule has 0 aromatic heterocycles. The predicted molar refractivity (Wildman–Crippen MR) is 64.5 cm³/mol. The topological polar surface area (TPSA) is 87.1 Å². The Labute approximate surface area is 103 Å². The van der Waals surface area contributed by atoms with E-state index in [9.17, 15) is 9.18 Å². The Morgan fingerprint density at radius 1 is 1.56 bits per heavy atom. The van der Waals surface area contributed by atoms with Crippen molar-refractivity contribution in [2.45, 2.75) is 13.0 Å². The van der Waals surface area contributed by atoms with Gasteiger partial charge in [0.2, 0.25) is 0 Å². The summed E-state index contributed by atoms with van der Waals surface area (Å²) in [6, 6.07) is 4.71. The molecule has 18 heavy (non-hydrogen) atoms. The number of nitrogens with zero attached hydrogens (tertiary/aromatic N) is 3. The zero-order chi connectivity index (χ0) is 13.4. The first-order valence-corrected chi connectivity index (χ1v) is 5.37. The Morgan fingerprint density at radius 3 is 2.78 bits per heavy atom. The molecule has 0 radical (unpaired) electrons. The van der Waals surface area contributed by atoms with Crippen molar-refractivity contribution in [1.82, 2.24) is 0 Å². The molecule has 6 nitrogen and oxygen atoms in total. The lowest BCUT2D eigenvalue weighted by Gasteiger charge is -2.16. The van der Waals surface area contributed by atoms with E-state index < -0.39 is 12.0 Å². The highest BCUT2D eigenvalue weighted by atomic mass is 19.1. The van der Waals surface area contributed by atoms with E-state index in [4.69, 9.17) is 10.3 Å². The molecule has 1 unspecified atom stereocenters. The Kier molecular flexibility index (Phi) is 5.47. The maximum atomic E-state index is 12.7. The van der Waals surface area contributed by atoms with Gasteiger partial charge in [0, 0.05) is 10.6 Å². The van der Waals surface area contributed by atoms with Crippen molar-refractivity contribution in [2.24, 2.45) is 5.11 Å². The molecule has 7 heteroatoms. The lowest BCUT2D eigenvalue weighted by molar-refractivity contribution is -0.143. The molecule has 96 valence electrons. The number of benzene rings is 1. The highest BCUT2D eigenvalue weighted by Gasteiger charge is 2.18. The first-order chi connectivity index (χ1) is 8.67. The maximum absolute atomic E-state index is 12.7. The molecule has 0 bridgehead atoms. The van der Waals surface area contributed by atoms with E-state index in [1.54, 1.807) is 6.92 Å². The number of halogens is 1. The van der Waals surface area contributed by atoms with Crippen LogP contribution in [0.3, 0.4) is 0 Å². The van der Waals surface area contributed by atoms with Crippen LogP contribution >= 0.6 is 0 Å². The Morgan fingerprint density at radius 2 is 2.22 bits per heavy atom. The summed E-state index contributed by atoms with van der Waals surface area (Å²) in [4.78, 5) is 14.2. The molecule has 1 aromatic carbocycles. The Bertz CT molecular complexity index is 443. The van der Waals surface area contributed by atoms with Crippen LogP contribution in [-0.2, 0) is 9.53 Å². The highest BCUT2D eigenvalue weighted by Crippen LogP contribution is 2.10. The number of ether oxygens (including phenoxy) is 1. The third kappa shape index (κ3) is 4.31. The zero-order valence-corrected chi connectivity index (χ0v) is 9.84. The molecule has 0 aliphatic heterocycles. The van der Waals surface area contributed by atoms with Gasteiger partial charge in [0.15, 0.2) is 0 Å². The molecule has 1 aromatic rings. The zero-order valence-electron chi connectivity index (χ0n) is 9.84. The molecule has 0 saturated heterocycles. The molecule has 0 spiro atoms. The number of nitrogens with one attached hydrogen (secondary N) is 1. The van der Waals surface area contributed by atoms with E-state index in [1.807, 2.05) is 0 Å². The van der Waals surface area contributed by atoms with Gasteiger partial charge >= 0.3 is 5.97 Å². The largest absolute Gasteiger partial charge is 0.464 e. The monoisotopic (exact) mass is 252 g/mol. The molecule has 1 N–H and O–H groups in total. The van der Waals surface area contributed by atoms with Crippen LogP contribution in [0.25, 0.3) is 10.4 Å².